The van der Waals surface area contributed by atoms with Gasteiger partial charge in [0, 0.05) is 19.1 Å². The molecule has 1 N–H and O–H groups in total. The normalized spacial score (nSPS) is 19.9. The van der Waals surface area contributed by atoms with E-state index in [9.17, 15) is 9.59 Å². The number of amides is 2. The lowest BCUT2D eigenvalue weighted by Crippen LogP contribution is -2.51. The highest BCUT2D eigenvalue weighted by Gasteiger charge is 2.28. The molecule has 116 valence electrons. The summed E-state index contributed by atoms with van der Waals surface area (Å²) in [5, 5.41) is 2.97. The van der Waals surface area contributed by atoms with Crippen LogP contribution in [0.5, 0.6) is 0 Å². The summed E-state index contributed by atoms with van der Waals surface area (Å²) in [5.41, 5.74) is -0.488. The minimum Gasteiger partial charge on any atom is -0.444 e. The fraction of sp³-hybridized carbons (Fsp3) is 0.857. The molecule has 1 heterocycles. The Morgan fingerprint density at radius 3 is 2.55 bits per heavy atom. The fourth-order valence-corrected chi connectivity index (χ4v) is 2.15. The van der Waals surface area contributed by atoms with Crippen molar-refractivity contribution in [3.05, 3.63) is 0 Å². The van der Waals surface area contributed by atoms with E-state index in [4.69, 9.17) is 4.74 Å². The Morgan fingerprint density at radius 1 is 1.35 bits per heavy atom. The van der Waals surface area contributed by atoms with Crippen molar-refractivity contribution in [2.24, 2.45) is 0 Å². The Hall–Kier alpha value is -1.30. The van der Waals surface area contributed by atoms with E-state index in [1.165, 1.54) is 0 Å². The van der Waals surface area contributed by atoms with Gasteiger partial charge >= 0.3 is 6.09 Å². The molecule has 0 spiro atoms. The molecular formula is C14H27N3O3. The van der Waals surface area contributed by atoms with Gasteiger partial charge in [0.05, 0.1) is 6.54 Å². The predicted octanol–water partition coefficient (Wildman–Crippen LogP) is 1.06. The average Bonchev–Trinajstić information content (AvgIpc) is 2.25. The smallest absolute Gasteiger partial charge is 0.410 e. The van der Waals surface area contributed by atoms with Crippen molar-refractivity contribution in [1.82, 2.24) is 15.1 Å². The second kappa shape index (κ2) is 6.92. The van der Waals surface area contributed by atoms with E-state index >= 15 is 0 Å². The standard InChI is InChI=1S/C14H27N3O3/c1-14(2,3)20-13(19)17-8-6-7-11(9-17)15-12(18)10-16(4)5/h11H,6-10H2,1-5H3,(H,15,18)/t11-/m1/s1. The Labute approximate surface area is 121 Å². The van der Waals surface area contributed by atoms with Crippen molar-refractivity contribution >= 4 is 12.0 Å². The van der Waals surface area contributed by atoms with Crippen LogP contribution in [0, 0.1) is 0 Å². The van der Waals surface area contributed by atoms with Gasteiger partial charge in [-0.1, -0.05) is 0 Å². The number of hydrogen-bond acceptors (Lipinski definition) is 4. The summed E-state index contributed by atoms with van der Waals surface area (Å²) in [6.07, 6.45) is 1.48. The van der Waals surface area contributed by atoms with Crippen molar-refractivity contribution in [1.29, 1.82) is 0 Å². The number of piperidine rings is 1. The molecule has 2 amide bonds. The molecule has 0 unspecified atom stereocenters. The number of nitrogens with zero attached hydrogens (tertiary/aromatic N) is 2. The SMILES string of the molecule is CN(C)CC(=O)N[C@@H]1CCCN(C(=O)OC(C)(C)C)C1. The van der Waals surface area contributed by atoms with Gasteiger partial charge in [-0.2, -0.15) is 0 Å². The fourth-order valence-electron chi connectivity index (χ4n) is 2.15. The van der Waals surface area contributed by atoms with Crippen LogP contribution < -0.4 is 5.32 Å². The number of likely N-dealkylation sites (tertiary alicyclic amines) is 1. The van der Waals surface area contributed by atoms with Gasteiger partial charge in [0.1, 0.15) is 5.60 Å². The zero-order chi connectivity index (χ0) is 15.3. The maximum Gasteiger partial charge on any atom is 0.410 e. The molecule has 0 aromatic rings. The van der Waals surface area contributed by atoms with E-state index in [2.05, 4.69) is 5.32 Å². The number of ether oxygens (including phenoxy) is 1. The molecule has 0 radical (unpaired) electrons. The van der Waals surface area contributed by atoms with Gasteiger partial charge < -0.3 is 19.9 Å². The molecule has 0 aromatic heterocycles. The van der Waals surface area contributed by atoms with E-state index in [-0.39, 0.29) is 18.0 Å². The third kappa shape index (κ3) is 6.23. The highest BCUT2D eigenvalue weighted by atomic mass is 16.6. The van der Waals surface area contributed by atoms with Crippen LogP contribution >= 0.6 is 0 Å². The van der Waals surface area contributed by atoms with E-state index in [0.29, 0.717) is 19.6 Å². The summed E-state index contributed by atoms with van der Waals surface area (Å²) in [5.74, 6) is -0.00830. The summed E-state index contributed by atoms with van der Waals surface area (Å²) in [7, 11) is 3.71. The van der Waals surface area contributed by atoms with Crippen molar-refractivity contribution in [3.63, 3.8) is 0 Å². The predicted molar refractivity (Wildman–Crippen MR) is 77.5 cm³/mol. The summed E-state index contributed by atoms with van der Waals surface area (Å²) >= 11 is 0. The molecule has 1 fully saturated rings. The van der Waals surface area contributed by atoms with Crippen LogP contribution in [0.2, 0.25) is 0 Å². The molecular weight excluding hydrogens is 258 g/mol. The molecule has 1 rings (SSSR count). The van der Waals surface area contributed by atoms with Gasteiger partial charge in [-0.3, -0.25) is 4.79 Å². The highest BCUT2D eigenvalue weighted by Crippen LogP contribution is 2.15. The van der Waals surface area contributed by atoms with Gasteiger partial charge in [-0.05, 0) is 47.7 Å². The molecule has 1 aliphatic rings. The van der Waals surface area contributed by atoms with Crippen molar-refractivity contribution in [2.45, 2.75) is 45.3 Å². The molecule has 1 atom stereocenters. The first-order chi connectivity index (χ1) is 9.17. The van der Waals surface area contributed by atoms with Crippen LogP contribution in [0.1, 0.15) is 33.6 Å². The Morgan fingerprint density at radius 2 is 2.00 bits per heavy atom. The summed E-state index contributed by atoms with van der Waals surface area (Å²) in [6.45, 7) is 7.13. The molecule has 20 heavy (non-hydrogen) atoms. The molecule has 0 aliphatic carbocycles. The van der Waals surface area contributed by atoms with Crippen LogP contribution in [0.4, 0.5) is 4.79 Å². The lowest BCUT2D eigenvalue weighted by molar-refractivity contribution is -0.122. The topological polar surface area (TPSA) is 61.9 Å². The van der Waals surface area contributed by atoms with Gasteiger partial charge in [-0.15, -0.1) is 0 Å². The van der Waals surface area contributed by atoms with Crippen LogP contribution in [0.3, 0.4) is 0 Å². The molecule has 0 aromatic carbocycles. The number of carbonyl (C=O) groups is 2. The molecule has 0 saturated carbocycles. The summed E-state index contributed by atoms with van der Waals surface area (Å²) < 4.78 is 5.36. The maximum absolute atomic E-state index is 12.0. The lowest BCUT2D eigenvalue weighted by atomic mass is 10.1. The zero-order valence-corrected chi connectivity index (χ0v) is 13.2. The first kappa shape index (κ1) is 16.8. The number of carbonyl (C=O) groups excluding carboxylic acids is 2. The van der Waals surface area contributed by atoms with Crippen molar-refractivity contribution < 1.29 is 14.3 Å². The minimum atomic E-state index is -0.488. The van der Waals surface area contributed by atoms with E-state index in [1.807, 2.05) is 39.8 Å². The van der Waals surface area contributed by atoms with E-state index < -0.39 is 5.60 Å². The Bertz CT molecular complexity index is 350. The zero-order valence-electron chi connectivity index (χ0n) is 13.2. The molecule has 0 bridgehead atoms. The number of rotatable bonds is 3. The van der Waals surface area contributed by atoms with Crippen LogP contribution in [-0.2, 0) is 9.53 Å². The van der Waals surface area contributed by atoms with E-state index in [0.717, 1.165) is 12.8 Å². The summed E-state index contributed by atoms with van der Waals surface area (Å²) in [4.78, 5) is 27.2. The maximum atomic E-state index is 12.0. The Kier molecular flexibility index (Phi) is 5.80. The monoisotopic (exact) mass is 285 g/mol. The quantitative estimate of drug-likeness (QED) is 0.842. The van der Waals surface area contributed by atoms with Gasteiger partial charge in [0.25, 0.3) is 0 Å². The van der Waals surface area contributed by atoms with Crippen LogP contribution in [0.25, 0.3) is 0 Å². The van der Waals surface area contributed by atoms with Gasteiger partial charge in [0.15, 0.2) is 0 Å². The Balaban J connectivity index is 2.46. The first-order valence-corrected chi connectivity index (χ1v) is 7.09. The third-order valence-corrected chi connectivity index (χ3v) is 2.90. The average molecular weight is 285 g/mol. The molecule has 6 heteroatoms. The highest BCUT2D eigenvalue weighted by molar-refractivity contribution is 5.78. The van der Waals surface area contributed by atoms with Crippen LogP contribution in [0.15, 0.2) is 0 Å². The second-order valence-electron chi connectivity index (χ2n) is 6.57. The second-order valence-corrected chi connectivity index (χ2v) is 6.57. The molecule has 1 saturated heterocycles. The van der Waals surface area contributed by atoms with Gasteiger partial charge in [0.2, 0.25) is 5.91 Å². The first-order valence-electron chi connectivity index (χ1n) is 7.09. The van der Waals surface area contributed by atoms with Gasteiger partial charge in [-0.25, -0.2) is 4.79 Å². The van der Waals surface area contributed by atoms with Crippen molar-refractivity contribution in [3.8, 4) is 0 Å². The number of hydrogen-bond donors (Lipinski definition) is 1. The number of nitrogens with one attached hydrogen (secondary N) is 1. The summed E-state index contributed by atoms with van der Waals surface area (Å²) in [6, 6.07) is 0.0173. The largest absolute Gasteiger partial charge is 0.444 e. The molecule has 6 nitrogen and oxygen atoms in total. The third-order valence-electron chi connectivity index (χ3n) is 2.90. The van der Waals surface area contributed by atoms with Crippen molar-refractivity contribution in [2.75, 3.05) is 33.7 Å². The lowest BCUT2D eigenvalue weighted by Gasteiger charge is -2.34. The number of likely N-dealkylation sites (N-methyl/N-ethyl adjacent to an activating group) is 1. The van der Waals surface area contributed by atoms with Crippen LogP contribution in [-0.4, -0.2) is 67.2 Å². The van der Waals surface area contributed by atoms with E-state index in [1.54, 1.807) is 4.90 Å². The minimum absolute atomic E-state index is 0.00830. The molecule has 1 aliphatic heterocycles.